The number of carbonyl (C=O) groups excluding carboxylic acids is 2. The predicted molar refractivity (Wildman–Crippen MR) is 150 cm³/mol. The molecule has 1 fully saturated rings. The Bertz CT molecular complexity index is 1410. The molecule has 0 saturated carbocycles. The number of nitrogens with zero attached hydrogens (tertiary/aromatic N) is 2. The van der Waals surface area contributed by atoms with E-state index in [1.54, 1.807) is 42.5 Å². The second kappa shape index (κ2) is 12.9. The first-order valence-electron chi connectivity index (χ1n) is 13.1. The normalized spacial score (nSPS) is 19.1. The van der Waals surface area contributed by atoms with Gasteiger partial charge in [0.05, 0.1) is 12.1 Å². The molecule has 214 valence electrons. The molecule has 0 spiro atoms. The molecule has 12 heteroatoms. The second-order valence-corrected chi connectivity index (χ2v) is 12.5. The third-order valence-electron chi connectivity index (χ3n) is 6.63. The van der Waals surface area contributed by atoms with Crippen molar-refractivity contribution in [1.82, 2.24) is 19.9 Å². The van der Waals surface area contributed by atoms with Gasteiger partial charge in [-0.1, -0.05) is 31.5 Å². The van der Waals surface area contributed by atoms with Crippen molar-refractivity contribution in [3.8, 4) is 11.3 Å². The summed E-state index contributed by atoms with van der Waals surface area (Å²) in [5.74, 6) is -0.392. The molecule has 0 bridgehead atoms. The van der Waals surface area contributed by atoms with Crippen LogP contribution in [-0.4, -0.2) is 65.9 Å². The highest BCUT2D eigenvalue weighted by Gasteiger charge is 2.35. The van der Waals surface area contributed by atoms with E-state index in [-0.39, 0.29) is 29.8 Å². The van der Waals surface area contributed by atoms with Gasteiger partial charge >= 0.3 is 0 Å². The SMILES string of the molecule is CC(C)C[C@H](NC(=O)c1ccc(-c2ccc(Cl)cc2)o1)C(=O)NC1CCCN(S(=O)(=O)c2ccccn2)CC1O. The van der Waals surface area contributed by atoms with E-state index in [0.29, 0.717) is 30.0 Å². The molecule has 2 amide bonds. The van der Waals surface area contributed by atoms with E-state index in [9.17, 15) is 23.1 Å². The number of aliphatic hydroxyl groups excluding tert-OH is 1. The Kier molecular flexibility index (Phi) is 9.62. The Morgan fingerprint density at radius 1 is 1.15 bits per heavy atom. The van der Waals surface area contributed by atoms with Crippen LogP contribution in [0.3, 0.4) is 0 Å². The van der Waals surface area contributed by atoms with Gasteiger partial charge in [0.15, 0.2) is 10.8 Å². The summed E-state index contributed by atoms with van der Waals surface area (Å²) >= 11 is 5.94. The number of furan rings is 1. The molecule has 2 unspecified atom stereocenters. The van der Waals surface area contributed by atoms with E-state index in [2.05, 4.69) is 15.6 Å². The maximum Gasteiger partial charge on any atom is 0.287 e. The number of carbonyl (C=O) groups is 2. The van der Waals surface area contributed by atoms with Crippen molar-refractivity contribution in [1.29, 1.82) is 0 Å². The second-order valence-electron chi connectivity index (χ2n) is 10.2. The van der Waals surface area contributed by atoms with E-state index in [0.717, 1.165) is 5.56 Å². The molecule has 1 aromatic carbocycles. The topological polar surface area (TPSA) is 142 Å². The van der Waals surface area contributed by atoms with E-state index in [4.69, 9.17) is 16.0 Å². The van der Waals surface area contributed by atoms with Gasteiger partial charge in [-0.3, -0.25) is 9.59 Å². The lowest BCUT2D eigenvalue weighted by Crippen LogP contribution is -2.54. The van der Waals surface area contributed by atoms with Crippen LogP contribution in [0.1, 0.15) is 43.7 Å². The number of sulfonamides is 1. The first-order chi connectivity index (χ1) is 19.0. The number of amides is 2. The molecule has 3 atom stereocenters. The highest BCUT2D eigenvalue weighted by atomic mass is 35.5. The molecular formula is C28H33ClN4O6S. The first-order valence-corrected chi connectivity index (χ1v) is 14.9. The van der Waals surface area contributed by atoms with Gasteiger partial charge in [0.2, 0.25) is 5.91 Å². The summed E-state index contributed by atoms with van der Waals surface area (Å²) in [5.41, 5.74) is 0.751. The van der Waals surface area contributed by atoms with E-state index >= 15 is 0 Å². The van der Waals surface area contributed by atoms with Gasteiger partial charge in [-0.05, 0) is 73.7 Å². The Balaban J connectivity index is 1.42. The molecule has 0 radical (unpaired) electrons. The third-order valence-corrected chi connectivity index (χ3v) is 8.67. The van der Waals surface area contributed by atoms with Crippen LogP contribution >= 0.6 is 11.6 Å². The summed E-state index contributed by atoms with van der Waals surface area (Å²) in [5, 5.41) is 16.9. The van der Waals surface area contributed by atoms with Gasteiger partial charge in [-0.25, -0.2) is 13.4 Å². The fourth-order valence-electron chi connectivity index (χ4n) is 4.57. The summed E-state index contributed by atoms with van der Waals surface area (Å²) in [6.45, 7) is 3.85. The summed E-state index contributed by atoms with van der Waals surface area (Å²) < 4.78 is 32.9. The molecule has 1 aliphatic heterocycles. The zero-order chi connectivity index (χ0) is 28.9. The molecule has 1 aliphatic rings. The third kappa shape index (κ3) is 7.28. The fourth-order valence-corrected chi connectivity index (χ4v) is 6.12. The molecule has 2 aromatic heterocycles. The fraction of sp³-hybridized carbons (Fsp3) is 0.393. The van der Waals surface area contributed by atoms with Crippen molar-refractivity contribution in [2.24, 2.45) is 5.92 Å². The molecule has 10 nitrogen and oxygen atoms in total. The Morgan fingerprint density at radius 2 is 1.90 bits per heavy atom. The van der Waals surface area contributed by atoms with Crippen LogP contribution in [0.2, 0.25) is 5.02 Å². The quantitative estimate of drug-likeness (QED) is 0.347. The Labute approximate surface area is 238 Å². The smallest absolute Gasteiger partial charge is 0.287 e. The van der Waals surface area contributed by atoms with Crippen LogP contribution in [0.5, 0.6) is 0 Å². The van der Waals surface area contributed by atoms with Gasteiger partial charge in [0.1, 0.15) is 11.8 Å². The van der Waals surface area contributed by atoms with Gasteiger partial charge in [-0.2, -0.15) is 4.31 Å². The predicted octanol–water partition coefficient (Wildman–Crippen LogP) is 3.47. The van der Waals surface area contributed by atoms with Crippen LogP contribution in [0.15, 0.2) is 70.2 Å². The number of rotatable bonds is 9. The minimum Gasteiger partial charge on any atom is -0.451 e. The standard InChI is InChI=1S/C28H33ClN4O6S/c1-18(2)16-22(32-28(36)25-13-12-24(39-25)19-8-10-20(29)11-9-19)27(35)31-21-6-5-15-33(17-23(21)34)40(37,38)26-7-3-4-14-30-26/h3-4,7-14,18,21-23,34H,5-6,15-17H2,1-2H3,(H,31,35)(H,32,36)/t21?,22-,23?/m0/s1. The first kappa shape index (κ1) is 29.7. The minimum absolute atomic E-state index is 0.0522. The zero-order valence-electron chi connectivity index (χ0n) is 22.3. The Hall–Kier alpha value is -3.25. The van der Waals surface area contributed by atoms with E-state index in [1.807, 2.05) is 13.8 Å². The maximum absolute atomic E-state index is 13.3. The van der Waals surface area contributed by atoms with Crippen molar-refractivity contribution in [2.75, 3.05) is 13.1 Å². The van der Waals surface area contributed by atoms with Crippen molar-refractivity contribution in [3.63, 3.8) is 0 Å². The van der Waals surface area contributed by atoms with Crippen LogP contribution in [0.4, 0.5) is 0 Å². The summed E-state index contributed by atoms with van der Waals surface area (Å²) in [7, 11) is -3.89. The van der Waals surface area contributed by atoms with Gasteiger partial charge in [0, 0.05) is 29.9 Å². The van der Waals surface area contributed by atoms with E-state index in [1.165, 1.54) is 22.6 Å². The van der Waals surface area contributed by atoms with Crippen molar-refractivity contribution < 1.29 is 27.5 Å². The summed E-state index contributed by atoms with van der Waals surface area (Å²) in [6.07, 6.45) is 1.40. The number of hydrogen-bond acceptors (Lipinski definition) is 7. The van der Waals surface area contributed by atoms with Crippen molar-refractivity contribution >= 4 is 33.4 Å². The van der Waals surface area contributed by atoms with Crippen LogP contribution in [-0.2, 0) is 14.8 Å². The minimum atomic E-state index is -3.89. The van der Waals surface area contributed by atoms with Crippen LogP contribution < -0.4 is 10.6 Å². The monoisotopic (exact) mass is 588 g/mol. The largest absolute Gasteiger partial charge is 0.451 e. The zero-order valence-corrected chi connectivity index (χ0v) is 23.9. The van der Waals surface area contributed by atoms with Gasteiger partial charge in [0.25, 0.3) is 15.9 Å². The molecule has 1 saturated heterocycles. The number of hydrogen-bond donors (Lipinski definition) is 3. The molecule has 3 N–H and O–H groups in total. The Morgan fingerprint density at radius 3 is 2.58 bits per heavy atom. The van der Waals surface area contributed by atoms with Crippen molar-refractivity contribution in [2.45, 2.75) is 56.3 Å². The number of nitrogens with one attached hydrogen (secondary N) is 2. The highest BCUT2D eigenvalue weighted by molar-refractivity contribution is 7.89. The average molecular weight is 589 g/mol. The molecule has 3 aromatic rings. The van der Waals surface area contributed by atoms with Crippen LogP contribution in [0.25, 0.3) is 11.3 Å². The molecule has 40 heavy (non-hydrogen) atoms. The number of benzene rings is 1. The molecule has 0 aliphatic carbocycles. The average Bonchev–Trinajstić information content (AvgIpc) is 3.35. The number of aromatic nitrogens is 1. The number of pyridine rings is 1. The summed E-state index contributed by atoms with van der Waals surface area (Å²) in [6, 6.07) is 13.2. The number of β-amino-alcohol motifs (C(OH)–C–C–N with tert-alkyl or cyclic N) is 1. The highest BCUT2D eigenvalue weighted by Crippen LogP contribution is 2.24. The lowest BCUT2D eigenvalue weighted by atomic mass is 10.0. The van der Waals surface area contributed by atoms with Crippen LogP contribution in [0, 0.1) is 5.92 Å². The maximum atomic E-state index is 13.3. The lowest BCUT2D eigenvalue weighted by molar-refractivity contribution is -0.125. The molecule has 3 heterocycles. The van der Waals surface area contributed by atoms with E-state index < -0.39 is 40.0 Å². The summed E-state index contributed by atoms with van der Waals surface area (Å²) in [4.78, 5) is 30.3. The van der Waals surface area contributed by atoms with Crippen molar-refractivity contribution in [3.05, 3.63) is 71.6 Å². The molecule has 4 rings (SSSR count). The van der Waals surface area contributed by atoms with Gasteiger partial charge < -0.3 is 20.2 Å². The molecular weight excluding hydrogens is 556 g/mol. The lowest BCUT2D eigenvalue weighted by Gasteiger charge is -2.27. The number of aliphatic hydroxyl groups is 1. The van der Waals surface area contributed by atoms with Gasteiger partial charge in [-0.15, -0.1) is 0 Å². The number of halogens is 1.